The average molecular weight is 294 g/mol. The van der Waals surface area contributed by atoms with Crippen molar-refractivity contribution in [3.05, 3.63) is 12.2 Å². The molecule has 0 radical (unpaired) electrons. The van der Waals surface area contributed by atoms with Gasteiger partial charge in [-0.2, -0.15) is 0 Å². The summed E-state index contributed by atoms with van der Waals surface area (Å²) in [5, 5.41) is 0. The summed E-state index contributed by atoms with van der Waals surface area (Å²) in [5.74, 6) is -0.810. The predicted octanol–water partition coefficient (Wildman–Crippen LogP) is 3.24. The minimum atomic E-state index is -1.28. The van der Waals surface area contributed by atoms with Crippen molar-refractivity contribution in [3.8, 4) is 0 Å². The molecule has 0 aromatic rings. The summed E-state index contributed by atoms with van der Waals surface area (Å²) in [6.07, 6.45) is 4.24. The topological polar surface area (TPSA) is 60.4 Å². The van der Waals surface area contributed by atoms with E-state index in [1.54, 1.807) is 41.5 Å². The Balaban J connectivity index is 3.07. The second kappa shape index (κ2) is 5.74. The van der Waals surface area contributed by atoms with Gasteiger partial charge in [0.1, 0.15) is 11.0 Å². The standard InChI is InChI=1S/C17H26O4/c1-15(2,3)12(18)9-11-17(10-7-8-13(17)19)14(20)21-16(4,5)6/h9,11H,7-8,10H2,1-6H3/b11-9-/t17-/m0/s1. The van der Waals surface area contributed by atoms with Crippen molar-refractivity contribution in [2.24, 2.45) is 10.8 Å². The van der Waals surface area contributed by atoms with Crippen LogP contribution >= 0.6 is 0 Å². The first kappa shape index (κ1) is 17.6. The van der Waals surface area contributed by atoms with Crippen molar-refractivity contribution in [2.45, 2.75) is 66.4 Å². The maximum atomic E-state index is 12.4. The molecule has 0 aromatic heterocycles. The van der Waals surface area contributed by atoms with Crippen LogP contribution in [0.3, 0.4) is 0 Å². The van der Waals surface area contributed by atoms with Gasteiger partial charge in [0.05, 0.1) is 0 Å². The molecule has 0 aliphatic heterocycles. The van der Waals surface area contributed by atoms with Crippen LogP contribution in [0, 0.1) is 10.8 Å². The summed E-state index contributed by atoms with van der Waals surface area (Å²) in [7, 11) is 0. The van der Waals surface area contributed by atoms with Gasteiger partial charge < -0.3 is 4.74 Å². The number of esters is 1. The number of rotatable bonds is 3. The molecular weight excluding hydrogens is 268 g/mol. The number of ether oxygens (including phenoxy) is 1. The van der Waals surface area contributed by atoms with E-state index in [2.05, 4.69) is 0 Å². The largest absolute Gasteiger partial charge is 0.459 e. The predicted molar refractivity (Wildman–Crippen MR) is 80.7 cm³/mol. The zero-order chi connectivity index (χ0) is 16.5. The quantitative estimate of drug-likeness (QED) is 0.455. The molecule has 118 valence electrons. The third-order valence-corrected chi connectivity index (χ3v) is 3.49. The molecule has 0 bridgehead atoms. The van der Waals surface area contributed by atoms with Crippen molar-refractivity contribution < 1.29 is 19.1 Å². The smallest absolute Gasteiger partial charge is 0.324 e. The summed E-state index contributed by atoms with van der Waals surface area (Å²) in [6, 6.07) is 0. The van der Waals surface area contributed by atoms with E-state index in [-0.39, 0.29) is 11.6 Å². The highest BCUT2D eigenvalue weighted by molar-refractivity contribution is 6.08. The zero-order valence-electron chi connectivity index (χ0n) is 13.9. The van der Waals surface area contributed by atoms with Gasteiger partial charge in [0.15, 0.2) is 11.6 Å². The van der Waals surface area contributed by atoms with Gasteiger partial charge in [0, 0.05) is 11.8 Å². The van der Waals surface area contributed by atoms with E-state index in [1.165, 1.54) is 12.2 Å². The molecule has 0 spiro atoms. The lowest BCUT2D eigenvalue weighted by atomic mass is 9.82. The van der Waals surface area contributed by atoms with Crippen LogP contribution < -0.4 is 0 Å². The minimum Gasteiger partial charge on any atom is -0.459 e. The van der Waals surface area contributed by atoms with E-state index in [0.717, 1.165) is 0 Å². The Morgan fingerprint density at radius 2 is 1.71 bits per heavy atom. The molecule has 1 aliphatic rings. The third kappa shape index (κ3) is 4.26. The Morgan fingerprint density at radius 3 is 2.10 bits per heavy atom. The lowest BCUT2D eigenvalue weighted by Crippen LogP contribution is -2.39. The van der Waals surface area contributed by atoms with Crippen LogP contribution in [-0.2, 0) is 19.1 Å². The molecule has 1 aliphatic carbocycles. The highest BCUT2D eigenvalue weighted by Gasteiger charge is 2.49. The molecule has 4 nitrogen and oxygen atoms in total. The van der Waals surface area contributed by atoms with Crippen molar-refractivity contribution in [2.75, 3.05) is 0 Å². The van der Waals surface area contributed by atoms with Gasteiger partial charge in [-0.25, -0.2) is 0 Å². The Labute approximate surface area is 126 Å². The van der Waals surface area contributed by atoms with Crippen LogP contribution in [0.2, 0.25) is 0 Å². The SMILES string of the molecule is CC(C)(C)OC(=O)[C@]1(/C=C\C(=O)C(C)(C)C)CCCC1=O. The number of hydrogen-bond donors (Lipinski definition) is 0. The number of ketones is 2. The van der Waals surface area contributed by atoms with Gasteiger partial charge in [0.2, 0.25) is 0 Å². The summed E-state index contributed by atoms with van der Waals surface area (Å²) in [5.41, 5.74) is -2.48. The number of carbonyl (C=O) groups excluding carboxylic acids is 3. The van der Waals surface area contributed by atoms with E-state index in [4.69, 9.17) is 4.74 Å². The first-order chi connectivity index (χ1) is 9.38. The number of Topliss-reactive ketones (excluding diaryl/α,β-unsaturated/α-hetero) is 1. The van der Waals surface area contributed by atoms with Gasteiger partial charge in [-0.1, -0.05) is 26.8 Å². The van der Waals surface area contributed by atoms with E-state index >= 15 is 0 Å². The van der Waals surface area contributed by atoms with Gasteiger partial charge in [-0.3, -0.25) is 14.4 Å². The van der Waals surface area contributed by atoms with E-state index in [1.807, 2.05) is 0 Å². The molecule has 0 unspecified atom stereocenters. The highest BCUT2D eigenvalue weighted by atomic mass is 16.6. The highest BCUT2D eigenvalue weighted by Crippen LogP contribution is 2.39. The molecule has 1 rings (SSSR count). The normalized spacial score (nSPS) is 23.6. The number of hydrogen-bond acceptors (Lipinski definition) is 4. The molecule has 0 amide bonds. The van der Waals surface area contributed by atoms with Gasteiger partial charge in [-0.15, -0.1) is 0 Å². The van der Waals surface area contributed by atoms with Gasteiger partial charge >= 0.3 is 5.97 Å². The molecule has 1 atom stereocenters. The lowest BCUT2D eigenvalue weighted by Gasteiger charge is -2.28. The maximum absolute atomic E-state index is 12.4. The van der Waals surface area contributed by atoms with Crippen LogP contribution in [0.1, 0.15) is 60.8 Å². The van der Waals surface area contributed by atoms with Crippen LogP contribution in [0.25, 0.3) is 0 Å². The second-order valence-corrected chi connectivity index (χ2v) is 7.70. The fraction of sp³-hybridized carbons (Fsp3) is 0.706. The van der Waals surface area contributed by atoms with Crippen molar-refractivity contribution in [3.63, 3.8) is 0 Å². The summed E-state index contributed by atoms with van der Waals surface area (Å²) < 4.78 is 5.39. The Morgan fingerprint density at radius 1 is 1.14 bits per heavy atom. The van der Waals surface area contributed by atoms with E-state index < -0.39 is 22.4 Å². The number of allylic oxidation sites excluding steroid dienone is 1. The maximum Gasteiger partial charge on any atom is 0.324 e. The summed E-state index contributed by atoms with van der Waals surface area (Å²) >= 11 is 0. The molecule has 0 saturated heterocycles. The van der Waals surface area contributed by atoms with Crippen molar-refractivity contribution >= 4 is 17.5 Å². The summed E-state index contributed by atoms with van der Waals surface area (Å²) in [4.78, 5) is 36.7. The van der Waals surface area contributed by atoms with Crippen molar-refractivity contribution in [1.29, 1.82) is 0 Å². The van der Waals surface area contributed by atoms with Crippen LogP contribution in [0.5, 0.6) is 0 Å². The molecule has 4 heteroatoms. The monoisotopic (exact) mass is 294 g/mol. The number of carbonyl (C=O) groups is 3. The van der Waals surface area contributed by atoms with E-state index in [9.17, 15) is 14.4 Å². The second-order valence-electron chi connectivity index (χ2n) is 7.70. The fourth-order valence-electron chi connectivity index (χ4n) is 2.19. The Bertz CT molecular complexity index is 474. The molecule has 0 heterocycles. The fourth-order valence-corrected chi connectivity index (χ4v) is 2.19. The molecule has 1 fully saturated rings. The Kier molecular flexibility index (Phi) is 4.81. The molecule has 21 heavy (non-hydrogen) atoms. The molecule has 1 saturated carbocycles. The van der Waals surface area contributed by atoms with Crippen LogP contribution in [-0.4, -0.2) is 23.1 Å². The zero-order valence-corrected chi connectivity index (χ0v) is 13.9. The molecular formula is C17H26O4. The van der Waals surface area contributed by atoms with Gasteiger partial charge in [0.25, 0.3) is 0 Å². The van der Waals surface area contributed by atoms with Gasteiger partial charge in [-0.05, 0) is 39.7 Å². The Hall–Kier alpha value is -1.45. The summed E-state index contributed by atoms with van der Waals surface area (Å²) in [6.45, 7) is 10.7. The minimum absolute atomic E-state index is 0.106. The average Bonchev–Trinajstić information content (AvgIpc) is 2.65. The van der Waals surface area contributed by atoms with Crippen molar-refractivity contribution in [1.82, 2.24) is 0 Å². The van der Waals surface area contributed by atoms with E-state index in [0.29, 0.717) is 19.3 Å². The van der Waals surface area contributed by atoms with Crippen LogP contribution in [0.4, 0.5) is 0 Å². The molecule has 0 aromatic carbocycles. The van der Waals surface area contributed by atoms with Crippen LogP contribution in [0.15, 0.2) is 12.2 Å². The molecule has 0 N–H and O–H groups in total. The first-order valence-electron chi connectivity index (χ1n) is 7.39. The third-order valence-electron chi connectivity index (χ3n) is 3.49. The lowest BCUT2D eigenvalue weighted by molar-refractivity contribution is -0.166. The first-order valence-corrected chi connectivity index (χ1v) is 7.39.